The van der Waals surface area contributed by atoms with Crippen molar-refractivity contribution in [1.29, 1.82) is 0 Å². The van der Waals surface area contributed by atoms with Crippen molar-refractivity contribution in [1.82, 2.24) is 4.98 Å². The maximum absolute atomic E-state index is 13.2. The van der Waals surface area contributed by atoms with E-state index in [4.69, 9.17) is 27.2 Å². The molecule has 0 unspecified atom stereocenters. The number of benzene rings is 1. The van der Waals surface area contributed by atoms with Crippen LogP contribution in [0, 0.1) is 6.92 Å². The van der Waals surface area contributed by atoms with Gasteiger partial charge in [-0.15, -0.1) is 0 Å². The van der Waals surface area contributed by atoms with E-state index in [1.54, 1.807) is 6.92 Å². The van der Waals surface area contributed by atoms with Gasteiger partial charge in [-0.25, -0.2) is 4.98 Å². The largest absolute Gasteiger partial charge is 0.464 e. The molecular formula is C18H25NO8P2. The Balaban J connectivity index is 2.75. The number of hydrogen-bond acceptors (Lipinski definition) is 9. The summed E-state index contributed by atoms with van der Waals surface area (Å²) >= 11 is 0. The van der Waals surface area contributed by atoms with E-state index >= 15 is 0 Å². The minimum absolute atomic E-state index is 0.0174. The van der Waals surface area contributed by atoms with Crippen molar-refractivity contribution in [2.45, 2.75) is 13.8 Å². The first kappa shape index (κ1) is 23.5. The third kappa shape index (κ3) is 5.25. The Hall–Kier alpha value is -1.73. The van der Waals surface area contributed by atoms with Crippen molar-refractivity contribution >= 4 is 20.5 Å². The van der Waals surface area contributed by atoms with Crippen LogP contribution in [0.25, 0.3) is 16.8 Å². The van der Waals surface area contributed by atoms with Crippen molar-refractivity contribution in [3.8, 4) is 17.4 Å². The summed E-state index contributed by atoms with van der Waals surface area (Å²) in [5.74, 6) is 1.24. The average molecular weight is 445 g/mol. The summed E-state index contributed by atoms with van der Waals surface area (Å²) in [5, 5.41) is -0.153. The maximum atomic E-state index is 13.2. The molecule has 1 aromatic heterocycles. The molecule has 2 rings (SSSR count). The van der Waals surface area contributed by atoms with Gasteiger partial charge in [0, 0.05) is 39.8 Å². The van der Waals surface area contributed by atoms with Gasteiger partial charge in [-0.3, -0.25) is 9.13 Å². The molecule has 0 saturated heterocycles. The molecule has 0 aliphatic heterocycles. The SMILES string of the molecule is CCOc1oc(-c2ccc(C)cc2)nc1/C(=C/P(=O)(OC)OC)P(=O)(OC)OC. The van der Waals surface area contributed by atoms with Crippen LogP contribution in [0.15, 0.2) is 34.5 Å². The normalized spacial score (nSPS) is 13.0. The van der Waals surface area contributed by atoms with Gasteiger partial charge in [-0.2, -0.15) is 0 Å². The van der Waals surface area contributed by atoms with Gasteiger partial charge in [0.05, 0.1) is 6.61 Å². The lowest BCUT2D eigenvalue weighted by Gasteiger charge is -2.18. The van der Waals surface area contributed by atoms with Crippen LogP contribution in [-0.2, 0) is 27.2 Å². The predicted molar refractivity (Wildman–Crippen MR) is 109 cm³/mol. The molecule has 0 N–H and O–H groups in total. The first-order chi connectivity index (χ1) is 13.8. The Kier molecular flexibility index (Phi) is 8.00. The standard InChI is InChI=1S/C18H25NO8P2/c1-7-26-18-16(19-17(27-18)14-10-8-13(2)9-11-14)15(29(21,24-5)25-6)12-28(20,22-3)23-4/h8-12H,7H2,1-6H3/b15-12-. The summed E-state index contributed by atoms with van der Waals surface area (Å²) in [6.45, 7) is 3.96. The Labute approximate surface area is 170 Å². The van der Waals surface area contributed by atoms with Gasteiger partial charge >= 0.3 is 21.1 Å². The van der Waals surface area contributed by atoms with Crippen LogP contribution in [0.1, 0.15) is 18.2 Å². The molecule has 0 spiro atoms. The smallest absolute Gasteiger partial charge is 0.363 e. The summed E-state index contributed by atoms with van der Waals surface area (Å²) in [6.07, 6.45) is 0. The van der Waals surface area contributed by atoms with Crippen molar-refractivity contribution in [3.05, 3.63) is 41.3 Å². The molecule has 1 heterocycles. The highest BCUT2D eigenvalue weighted by atomic mass is 31.2. The minimum atomic E-state index is -3.95. The van der Waals surface area contributed by atoms with Gasteiger partial charge < -0.3 is 27.2 Å². The van der Waals surface area contributed by atoms with E-state index in [0.29, 0.717) is 5.56 Å². The van der Waals surface area contributed by atoms with Gasteiger partial charge in [0.25, 0.3) is 0 Å². The second-order valence-electron chi connectivity index (χ2n) is 5.74. The zero-order valence-electron chi connectivity index (χ0n) is 17.2. The van der Waals surface area contributed by atoms with Crippen LogP contribution in [0.3, 0.4) is 0 Å². The van der Waals surface area contributed by atoms with Crippen molar-refractivity contribution in [3.63, 3.8) is 0 Å². The Morgan fingerprint density at radius 3 is 2.10 bits per heavy atom. The third-order valence-corrected chi connectivity index (χ3v) is 7.67. The van der Waals surface area contributed by atoms with Gasteiger partial charge in [0.1, 0.15) is 5.31 Å². The van der Waals surface area contributed by atoms with E-state index < -0.39 is 15.2 Å². The van der Waals surface area contributed by atoms with E-state index in [0.717, 1.165) is 11.4 Å². The molecule has 0 amide bonds. The van der Waals surface area contributed by atoms with Crippen LogP contribution in [0.4, 0.5) is 0 Å². The van der Waals surface area contributed by atoms with Crippen LogP contribution in [-0.4, -0.2) is 40.0 Å². The summed E-state index contributed by atoms with van der Waals surface area (Å²) in [4.78, 5) is 4.42. The summed E-state index contributed by atoms with van der Waals surface area (Å²) in [5.41, 5.74) is 1.76. The molecule has 0 saturated carbocycles. The van der Waals surface area contributed by atoms with Crippen molar-refractivity contribution in [2.24, 2.45) is 0 Å². The molecule has 0 radical (unpaired) electrons. The quantitative estimate of drug-likeness (QED) is 0.449. The number of hydrogen-bond donors (Lipinski definition) is 0. The molecule has 0 atom stereocenters. The van der Waals surface area contributed by atoms with Crippen LogP contribution in [0.5, 0.6) is 5.95 Å². The lowest BCUT2D eigenvalue weighted by molar-refractivity contribution is 0.258. The van der Waals surface area contributed by atoms with Gasteiger partial charge in [0.2, 0.25) is 5.89 Å². The average Bonchev–Trinajstić information content (AvgIpc) is 3.15. The highest BCUT2D eigenvalue weighted by Gasteiger charge is 2.38. The second-order valence-corrected chi connectivity index (χ2v) is 10.0. The van der Waals surface area contributed by atoms with E-state index in [-0.39, 0.29) is 29.5 Å². The Morgan fingerprint density at radius 2 is 1.62 bits per heavy atom. The topological polar surface area (TPSA) is 106 Å². The zero-order chi connectivity index (χ0) is 21.7. The third-order valence-electron chi connectivity index (χ3n) is 3.98. The number of nitrogens with zero attached hydrogens (tertiary/aromatic N) is 1. The Bertz CT molecular complexity index is 935. The van der Waals surface area contributed by atoms with Gasteiger partial charge in [-0.05, 0) is 26.0 Å². The molecule has 29 heavy (non-hydrogen) atoms. The molecule has 160 valence electrons. The van der Waals surface area contributed by atoms with E-state index in [2.05, 4.69) is 4.98 Å². The van der Waals surface area contributed by atoms with Crippen molar-refractivity contribution < 1.29 is 36.4 Å². The molecule has 0 aliphatic carbocycles. The predicted octanol–water partition coefficient (Wildman–Crippen LogP) is 5.32. The van der Waals surface area contributed by atoms with Crippen LogP contribution >= 0.6 is 15.2 Å². The van der Waals surface area contributed by atoms with E-state index in [1.165, 1.54) is 28.4 Å². The second kappa shape index (κ2) is 9.85. The number of aryl methyl sites for hydroxylation is 1. The molecule has 9 nitrogen and oxygen atoms in total. The number of aromatic nitrogens is 1. The highest BCUT2D eigenvalue weighted by molar-refractivity contribution is 7.67. The van der Waals surface area contributed by atoms with Crippen LogP contribution < -0.4 is 4.74 Å². The fraction of sp³-hybridized carbons (Fsp3) is 0.389. The van der Waals surface area contributed by atoms with Gasteiger partial charge in [0.15, 0.2) is 5.69 Å². The van der Waals surface area contributed by atoms with Crippen LogP contribution in [0.2, 0.25) is 0 Å². The monoisotopic (exact) mass is 445 g/mol. The zero-order valence-corrected chi connectivity index (χ0v) is 19.0. The Morgan fingerprint density at radius 1 is 1.03 bits per heavy atom. The number of ether oxygens (including phenoxy) is 1. The minimum Gasteiger partial charge on any atom is -0.464 e. The fourth-order valence-electron chi connectivity index (χ4n) is 2.38. The molecule has 2 aromatic rings. The number of oxazole rings is 1. The molecular weight excluding hydrogens is 420 g/mol. The first-order valence-corrected chi connectivity index (χ1v) is 11.8. The first-order valence-electron chi connectivity index (χ1n) is 8.63. The lowest BCUT2D eigenvalue weighted by Crippen LogP contribution is -1.99. The lowest BCUT2D eigenvalue weighted by atomic mass is 10.1. The molecule has 11 heteroatoms. The maximum Gasteiger partial charge on any atom is 0.363 e. The molecule has 0 aliphatic rings. The van der Waals surface area contributed by atoms with Gasteiger partial charge in [-0.1, -0.05) is 17.7 Å². The summed E-state index contributed by atoms with van der Waals surface area (Å²) < 4.78 is 57.4. The fourth-order valence-corrected chi connectivity index (χ4v) is 5.09. The van der Waals surface area contributed by atoms with E-state index in [9.17, 15) is 9.13 Å². The molecule has 0 bridgehead atoms. The molecule has 0 fully saturated rings. The van der Waals surface area contributed by atoms with E-state index in [1.807, 2.05) is 31.2 Å². The molecule has 1 aromatic carbocycles. The summed E-state index contributed by atoms with van der Waals surface area (Å²) in [6, 6.07) is 7.45. The highest BCUT2D eigenvalue weighted by Crippen LogP contribution is 2.65. The number of rotatable bonds is 10. The summed E-state index contributed by atoms with van der Waals surface area (Å²) in [7, 11) is -2.91. The van der Waals surface area contributed by atoms with Crippen molar-refractivity contribution in [2.75, 3.05) is 35.0 Å².